The summed E-state index contributed by atoms with van der Waals surface area (Å²) >= 11 is 0. The maximum Gasteiger partial charge on any atom is 0.348 e. The number of aliphatic carboxylic acids is 1. The van der Waals surface area contributed by atoms with Gasteiger partial charge < -0.3 is 15.3 Å². The molecule has 2 aromatic carbocycles. The number of fused-ring (bicyclic) bond motifs is 4. The van der Waals surface area contributed by atoms with Crippen LogP contribution in [0.2, 0.25) is 0 Å². The lowest BCUT2D eigenvalue weighted by Gasteiger charge is -2.26. The van der Waals surface area contributed by atoms with Crippen molar-refractivity contribution in [3.8, 4) is 11.1 Å². The summed E-state index contributed by atoms with van der Waals surface area (Å²) in [5, 5.41) is 12.8. The van der Waals surface area contributed by atoms with E-state index in [1.165, 1.54) is 10.6 Å². The summed E-state index contributed by atoms with van der Waals surface area (Å²) in [5.74, 6) is -2.60. The number of carboxylic acids is 1. The van der Waals surface area contributed by atoms with Gasteiger partial charge in [-0.25, -0.2) is 13.6 Å². The molecule has 252 valence electrons. The second-order valence-corrected chi connectivity index (χ2v) is 13.6. The van der Waals surface area contributed by atoms with E-state index in [9.17, 15) is 23.9 Å². The molecule has 2 aliphatic rings. The summed E-state index contributed by atoms with van der Waals surface area (Å²) in [4.78, 5) is 45.9. The predicted molar refractivity (Wildman–Crippen MR) is 178 cm³/mol. The highest BCUT2D eigenvalue weighted by molar-refractivity contribution is 5.82. The first-order valence-electron chi connectivity index (χ1n) is 16.8. The fourth-order valence-electron chi connectivity index (χ4n) is 6.85. The summed E-state index contributed by atoms with van der Waals surface area (Å²) in [6.45, 7) is 4.34. The molecule has 3 aromatic rings. The molecule has 1 amide bonds. The van der Waals surface area contributed by atoms with Crippen LogP contribution in [0, 0.1) is 25.5 Å². The molecule has 47 heavy (non-hydrogen) atoms. The first-order valence-corrected chi connectivity index (χ1v) is 16.8. The van der Waals surface area contributed by atoms with Gasteiger partial charge in [-0.3, -0.25) is 14.2 Å². The number of benzene rings is 2. The lowest BCUT2D eigenvalue weighted by atomic mass is 9.87. The number of hydrogen-bond acceptors (Lipinski definition) is 5. The van der Waals surface area contributed by atoms with E-state index in [2.05, 4.69) is 10.3 Å². The number of likely N-dealkylation sites (N-methyl/N-ethyl adjacent to an activating group) is 1. The van der Waals surface area contributed by atoms with E-state index in [-0.39, 0.29) is 17.3 Å². The highest BCUT2D eigenvalue weighted by atomic mass is 19.1. The van der Waals surface area contributed by atoms with Gasteiger partial charge in [0.2, 0.25) is 5.91 Å². The SMILES string of the molecule is Cc1cc(F)cc2c1-c1cc(C3CC3)c(F)c(c1)[C@H](CC(=O)O)NC(=O)[C@@H](n1cc(CCN(C)C)c(C)nc1=O)CCCCCCC2. The summed E-state index contributed by atoms with van der Waals surface area (Å²) < 4.78 is 32.4. The molecule has 2 bridgehead atoms. The van der Waals surface area contributed by atoms with Gasteiger partial charge in [0.25, 0.3) is 0 Å². The number of aromatic nitrogens is 2. The average Bonchev–Trinajstić information content (AvgIpc) is 3.83. The maximum atomic E-state index is 16.4. The van der Waals surface area contributed by atoms with Crippen LogP contribution >= 0.6 is 0 Å². The first kappa shape index (κ1) is 34.4. The molecule has 1 fully saturated rings. The van der Waals surface area contributed by atoms with Crippen molar-refractivity contribution >= 4 is 11.9 Å². The van der Waals surface area contributed by atoms with Crippen molar-refractivity contribution in [2.75, 3.05) is 20.6 Å². The number of nitrogens with zero attached hydrogens (tertiary/aromatic N) is 3. The van der Waals surface area contributed by atoms with Crippen LogP contribution in [0.5, 0.6) is 0 Å². The average molecular weight is 649 g/mol. The number of rotatable bonds is 7. The predicted octanol–water partition coefficient (Wildman–Crippen LogP) is 6.56. The van der Waals surface area contributed by atoms with Crippen molar-refractivity contribution < 1.29 is 23.5 Å². The Morgan fingerprint density at radius 1 is 1.00 bits per heavy atom. The Morgan fingerprint density at radius 3 is 2.40 bits per heavy atom. The topological polar surface area (TPSA) is 105 Å². The van der Waals surface area contributed by atoms with Crippen molar-refractivity contribution in [2.45, 2.75) is 102 Å². The minimum atomic E-state index is -1.20. The largest absolute Gasteiger partial charge is 0.481 e. The van der Waals surface area contributed by atoms with Crippen molar-refractivity contribution in [1.82, 2.24) is 19.8 Å². The number of carboxylic acid groups (broad SMARTS) is 1. The van der Waals surface area contributed by atoms with Crippen LogP contribution < -0.4 is 11.0 Å². The summed E-state index contributed by atoms with van der Waals surface area (Å²) in [6, 6.07) is 4.32. The molecule has 5 rings (SSSR count). The Morgan fingerprint density at radius 2 is 1.70 bits per heavy atom. The lowest BCUT2D eigenvalue weighted by Crippen LogP contribution is -2.41. The molecule has 8 nitrogen and oxygen atoms in total. The Hall–Kier alpha value is -3.92. The summed E-state index contributed by atoms with van der Waals surface area (Å²) in [6.07, 6.45) is 8.52. The van der Waals surface area contributed by atoms with Crippen LogP contribution in [0.1, 0.15) is 109 Å². The quantitative estimate of drug-likeness (QED) is 0.301. The molecule has 10 heteroatoms. The Labute approximate surface area is 275 Å². The Balaban J connectivity index is 1.63. The van der Waals surface area contributed by atoms with Gasteiger partial charge in [0.15, 0.2) is 0 Å². The molecule has 1 saturated carbocycles. The number of halogens is 2. The van der Waals surface area contributed by atoms with Crippen LogP contribution in [-0.2, 0) is 22.4 Å². The summed E-state index contributed by atoms with van der Waals surface area (Å²) in [7, 11) is 3.91. The molecule has 0 unspecified atom stereocenters. The molecule has 0 radical (unpaired) electrons. The van der Waals surface area contributed by atoms with Gasteiger partial charge in [0.05, 0.1) is 12.5 Å². The van der Waals surface area contributed by atoms with E-state index in [4.69, 9.17) is 0 Å². The normalized spacial score (nSPS) is 19.3. The highest BCUT2D eigenvalue weighted by Gasteiger charge is 2.33. The third kappa shape index (κ3) is 8.33. The summed E-state index contributed by atoms with van der Waals surface area (Å²) in [5.41, 5.74) is 4.53. The van der Waals surface area contributed by atoms with Crippen LogP contribution in [0.4, 0.5) is 8.78 Å². The number of amides is 1. The van der Waals surface area contributed by atoms with Gasteiger partial charge >= 0.3 is 11.7 Å². The minimum Gasteiger partial charge on any atom is -0.481 e. The second-order valence-electron chi connectivity index (χ2n) is 13.6. The molecule has 2 N–H and O–H groups in total. The minimum absolute atomic E-state index is 0.00442. The van der Waals surface area contributed by atoms with E-state index in [1.54, 1.807) is 25.3 Å². The number of hydrogen-bond donors (Lipinski definition) is 2. The van der Waals surface area contributed by atoms with Gasteiger partial charge in [-0.2, -0.15) is 4.98 Å². The lowest BCUT2D eigenvalue weighted by molar-refractivity contribution is -0.138. The fraction of sp³-hybridized carbons (Fsp3) is 0.514. The highest BCUT2D eigenvalue weighted by Crippen LogP contribution is 2.45. The maximum absolute atomic E-state index is 16.4. The van der Waals surface area contributed by atoms with Crippen LogP contribution in [0.3, 0.4) is 0 Å². The van der Waals surface area contributed by atoms with Crippen LogP contribution in [0.25, 0.3) is 11.1 Å². The number of nitrogens with one attached hydrogen (secondary N) is 1. The molecule has 0 saturated heterocycles. The first-order chi connectivity index (χ1) is 22.4. The third-order valence-corrected chi connectivity index (χ3v) is 9.52. The van der Waals surface area contributed by atoms with Crippen molar-refractivity contribution in [3.63, 3.8) is 0 Å². The van der Waals surface area contributed by atoms with Crippen LogP contribution in [0.15, 0.2) is 35.3 Å². The smallest absolute Gasteiger partial charge is 0.348 e. The van der Waals surface area contributed by atoms with Gasteiger partial charge in [-0.15, -0.1) is 0 Å². The third-order valence-electron chi connectivity index (χ3n) is 9.52. The number of carbonyl (C=O) groups excluding carboxylic acids is 1. The molecular formula is C37H46F2N4O4. The Bertz CT molecular complexity index is 1700. The zero-order valence-electron chi connectivity index (χ0n) is 27.9. The van der Waals surface area contributed by atoms with Gasteiger partial charge in [-0.1, -0.05) is 25.7 Å². The second kappa shape index (κ2) is 14.9. The van der Waals surface area contributed by atoms with Crippen molar-refractivity contribution in [3.05, 3.63) is 86.1 Å². The standard InChI is InChI=1S/C37H46F2N4O4/c1-22-16-28(38)17-25-10-8-6-5-7-9-11-32(43-21-26(14-15-42(3)4)23(2)40-37(43)47)36(46)41-31(20-33(44)45)30-19-27(34(22)25)18-29(35(30)39)24-12-13-24/h16-19,21,24,31-32H,5-15,20H2,1-4H3,(H,41,46)(H,44,45)/t31-,32-/m0/s1. The van der Waals surface area contributed by atoms with E-state index >= 15 is 4.39 Å². The molecule has 2 atom stereocenters. The zero-order valence-corrected chi connectivity index (χ0v) is 27.9. The fourth-order valence-corrected chi connectivity index (χ4v) is 6.85. The van der Waals surface area contributed by atoms with Crippen LogP contribution in [-0.4, -0.2) is 52.1 Å². The monoisotopic (exact) mass is 648 g/mol. The van der Waals surface area contributed by atoms with Gasteiger partial charge in [0, 0.05) is 24.0 Å². The molecular weight excluding hydrogens is 602 g/mol. The van der Waals surface area contributed by atoms with Gasteiger partial charge in [0.1, 0.15) is 17.7 Å². The van der Waals surface area contributed by atoms with Gasteiger partial charge in [-0.05, 0) is 130 Å². The molecule has 2 heterocycles. The van der Waals surface area contributed by atoms with Crippen molar-refractivity contribution in [1.29, 1.82) is 0 Å². The molecule has 1 aromatic heterocycles. The number of carbonyl (C=O) groups is 2. The zero-order chi connectivity index (χ0) is 33.8. The van der Waals surface area contributed by atoms with E-state index in [0.29, 0.717) is 42.5 Å². The molecule has 1 aliphatic carbocycles. The molecule has 0 spiro atoms. The van der Waals surface area contributed by atoms with E-state index in [0.717, 1.165) is 67.3 Å². The molecule has 1 aliphatic heterocycles. The van der Waals surface area contributed by atoms with E-state index < -0.39 is 41.9 Å². The number of aryl methyl sites for hydroxylation is 3. The Kier molecular flexibility index (Phi) is 10.9. The van der Waals surface area contributed by atoms with E-state index in [1.807, 2.05) is 32.0 Å². The van der Waals surface area contributed by atoms with Crippen molar-refractivity contribution in [2.24, 2.45) is 0 Å².